The largest absolute Gasteiger partial charge is 0.465 e. The van der Waals surface area contributed by atoms with Crippen LogP contribution in [0.3, 0.4) is 0 Å². The third-order valence-electron chi connectivity index (χ3n) is 2.67. The normalized spacial score (nSPS) is 10.6. The summed E-state index contributed by atoms with van der Waals surface area (Å²) in [6, 6.07) is 0. The number of methoxy groups -OCH3 is 1. The van der Waals surface area contributed by atoms with E-state index in [1.165, 1.54) is 30.2 Å². The first-order chi connectivity index (χ1) is 10.1. The van der Waals surface area contributed by atoms with Gasteiger partial charge in [0.1, 0.15) is 9.88 Å². The van der Waals surface area contributed by atoms with Gasteiger partial charge in [-0.3, -0.25) is 0 Å². The van der Waals surface area contributed by atoms with Crippen LogP contribution < -0.4 is 11.1 Å². The summed E-state index contributed by atoms with van der Waals surface area (Å²) in [6.45, 7) is 2.38. The van der Waals surface area contributed by atoms with E-state index in [1.54, 1.807) is 6.92 Å². The molecule has 0 aliphatic heterocycles. The zero-order valence-electron chi connectivity index (χ0n) is 11.9. The van der Waals surface area contributed by atoms with Crippen molar-refractivity contribution < 1.29 is 14.1 Å². The topological polar surface area (TPSA) is 103 Å². The summed E-state index contributed by atoms with van der Waals surface area (Å²) >= 11 is 2.77. The van der Waals surface area contributed by atoms with Gasteiger partial charge in [0.25, 0.3) is 0 Å². The van der Waals surface area contributed by atoms with E-state index in [1.807, 2.05) is 6.26 Å². The molecule has 3 N–H and O–H groups in total. The number of hydrogen-bond acceptors (Lipinski definition) is 9. The minimum atomic E-state index is -0.423. The average molecular weight is 328 g/mol. The Bertz CT molecular complexity index is 638. The van der Waals surface area contributed by atoms with E-state index in [9.17, 15) is 4.79 Å². The predicted molar refractivity (Wildman–Crippen MR) is 83.1 cm³/mol. The fourth-order valence-corrected chi connectivity index (χ4v) is 3.70. The summed E-state index contributed by atoms with van der Waals surface area (Å²) in [5, 5.41) is 7.82. The fraction of sp³-hybridized carbons (Fsp3) is 0.417. The molecule has 114 valence electrons. The highest BCUT2D eigenvalue weighted by Crippen LogP contribution is 2.41. The Morgan fingerprint density at radius 3 is 2.90 bits per heavy atom. The van der Waals surface area contributed by atoms with Crippen molar-refractivity contribution in [3.8, 4) is 0 Å². The Kier molecular flexibility index (Phi) is 5.07. The molecule has 2 heterocycles. The van der Waals surface area contributed by atoms with Crippen LogP contribution in [0.25, 0.3) is 0 Å². The van der Waals surface area contributed by atoms with Crippen LogP contribution in [0.1, 0.15) is 21.4 Å². The molecule has 2 aromatic rings. The lowest BCUT2D eigenvalue weighted by molar-refractivity contribution is 0.0607. The van der Waals surface area contributed by atoms with E-state index >= 15 is 0 Å². The number of nitrogen functional groups attached to an aromatic ring is 1. The van der Waals surface area contributed by atoms with Gasteiger partial charge in [0.15, 0.2) is 5.82 Å². The number of carbonyl (C=O) groups excluding carboxylic acids is 1. The van der Waals surface area contributed by atoms with Crippen molar-refractivity contribution in [3.63, 3.8) is 0 Å². The molecule has 21 heavy (non-hydrogen) atoms. The highest BCUT2D eigenvalue weighted by molar-refractivity contribution is 7.99. The highest BCUT2D eigenvalue weighted by Gasteiger charge is 2.21. The average Bonchev–Trinajstić information content (AvgIpc) is 3.02. The summed E-state index contributed by atoms with van der Waals surface area (Å²) < 4.78 is 9.77. The van der Waals surface area contributed by atoms with Crippen molar-refractivity contribution in [2.75, 3.05) is 31.0 Å². The van der Waals surface area contributed by atoms with E-state index < -0.39 is 5.97 Å². The molecule has 0 saturated carbocycles. The standard InChI is InChI=1S/C12H16N4O3S2/c1-6-15-7(19-16-6)4-5-14-11-9(20-3)8(13)10(21-11)12(17)18-2/h14H,4-5,13H2,1-3H3. The summed E-state index contributed by atoms with van der Waals surface area (Å²) in [7, 11) is 1.34. The van der Waals surface area contributed by atoms with Gasteiger partial charge in [-0.25, -0.2) is 4.79 Å². The zero-order chi connectivity index (χ0) is 15.4. The second-order valence-electron chi connectivity index (χ2n) is 4.11. The fourth-order valence-electron chi connectivity index (χ4n) is 1.72. The molecule has 2 aromatic heterocycles. The van der Waals surface area contributed by atoms with Gasteiger partial charge in [-0.2, -0.15) is 4.98 Å². The van der Waals surface area contributed by atoms with E-state index in [-0.39, 0.29) is 0 Å². The third kappa shape index (κ3) is 3.48. The van der Waals surface area contributed by atoms with Gasteiger partial charge in [0.05, 0.1) is 17.7 Å². The second-order valence-corrected chi connectivity index (χ2v) is 5.95. The maximum absolute atomic E-state index is 11.7. The van der Waals surface area contributed by atoms with Crippen LogP contribution in [0, 0.1) is 6.92 Å². The molecule has 0 amide bonds. The summed E-state index contributed by atoms with van der Waals surface area (Å²) in [6.07, 6.45) is 2.51. The number of thioether (sulfide) groups is 1. The van der Waals surface area contributed by atoms with Crippen molar-refractivity contribution >= 4 is 39.8 Å². The highest BCUT2D eigenvalue weighted by atomic mass is 32.2. The Labute approximate surface area is 130 Å². The Morgan fingerprint density at radius 2 is 2.33 bits per heavy atom. The molecule has 0 radical (unpaired) electrons. The molecular formula is C12H16N4O3S2. The van der Waals surface area contributed by atoms with E-state index in [2.05, 4.69) is 15.5 Å². The minimum absolute atomic E-state index is 0.415. The Morgan fingerprint density at radius 1 is 1.57 bits per heavy atom. The van der Waals surface area contributed by atoms with E-state index in [0.717, 1.165) is 9.90 Å². The number of thiophene rings is 1. The molecule has 0 aliphatic rings. The lowest BCUT2D eigenvalue weighted by atomic mass is 10.4. The maximum Gasteiger partial charge on any atom is 0.350 e. The van der Waals surface area contributed by atoms with Crippen LogP contribution in [-0.2, 0) is 11.2 Å². The van der Waals surface area contributed by atoms with Crippen molar-refractivity contribution in [1.29, 1.82) is 0 Å². The monoisotopic (exact) mass is 328 g/mol. The van der Waals surface area contributed by atoms with Crippen LogP contribution in [0.15, 0.2) is 9.42 Å². The van der Waals surface area contributed by atoms with Crippen LogP contribution in [0.5, 0.6) is 0 Å². The number of anilines is 2. The van der Waals surface area contributed by atoms with Crippen molar-refractivity contribution in [1.82, 2.24) is 10.1 Å². The van der Waals surface area contributed by atoms with Gasteiger partial charge >= 0.3 is 5.97 Å². The molecule has 0 aromatic carbocycles. The third-order valence-corrected chi connectivity index (χ3v) is 4.77. The number of esters is 1. The summed E-state index contributed by atoms with van der Waals surface area (Å²) in [4.78, 5) is 17.0. The smallest absolute Gasteiger partial charge is 0.350 e. The zero-order valence-corrected chi connectivity index (χ0v) is 13.6. The number of aromatic nitrogens is 2. The Balaban J connectivity index is 2.07. The number of rotatable bonds is 6. The molecule has 0 unspecified atom stereocenters. The number of nitrogens with zero attached hydrogens (tertiary/aromatic N) is 2. The van der Waals surface area contributed by atoms with Gasteiger partial charge in [-0.15, -0.1) is 23.1 Å². The molecule has 0 saturated heterocycles. The van der Waals surface area contributed by atoms with Crippen molar-refractivity contribution in [2.45, 2.75) is 18.2 Å². The molecule has 0 fully saturated rings. The van der Waals surface area contributed by atoms with Gasteiger partial charge in [0.2, 0.25) is 5.89 Å². The van der Waals surface area contributed by atoms with Gasteiger partial charge < -0.3 is 20.3 Å². The number of nitrogens with one attached hydrogen (secondary N) is 1. The maximum atomic E-state index is 11.7. The number of aryl methyl sites for hydroxylation is 1. The molecule has 2 rings (SSSR count). The van der Waals surface area contributed by atoms with E-state index in [4.69, 9.17) is 15.0 Å². The van der Waals surface area contributed by atoms with Gasteiger partial charge in [-0.05, 0) is 13.2 Å². The van der Waals surface area contributed by atoms with Gasteiger partial charge in [-0.1, -0.05) is 5.16 Å². The van der Waals surface area contributed by atoms with Crippen LogP contribution in [-0.4, -0.2) is 36.0 Å². The van der Waals surface area contributed by atoms with Crippen molar-refractivity contribution in [2.24, 2.45) is 0 Å². The molecule has 0 bridgehead atoms. The van der Waals surface area contributed by atoms with Crippen molar-refractivity contribution in [3.05, 3.63) is 16.6 Å². The molecule has 7 nitrogen and oxygen atoms in total. The molecule has 0 spiro atoms. The Hall–Kier alpha value is -1.74. The van der Waals surface area contributed by atoms with Gasteiger partial charge in [0, 0.05) is 13.0 Å². The summed E-state index contributed by atoms with van der Waals surface area (Å²) in [5.41, 5.74) is 6.44. The lowest BCUT2D eigenvalue weighted by Crippen LogP contribution is -2.04. The first-order valence-electron chi connectivity index (χ1n) is 6.14. The van der Waals surface area contributed by atoms with Crippen LogP contribution in [0.2, 0.25) is 0 Å². The molecule has 0 atom stereocenters. The first-order valence-corrected chi connectivity index (χ1v) is 8.18. The van der Waals surface area contributed by atoms with Crippen LogP contribution in [0.4, 0.5) is 10.7 Å². The molecular weight excluding hydrogens is 312 g/mol. The number of hydrogen-bond donors (Lipinski definition) is 2. The number of nitrogens with two attached hydrogens (primary N) is 1. The van der Waals surface area contributed by atoms with Crippen LogP contribution >= 0.6 is 23.1 Å². The summed E-state index contributed by atoms with van der Waals surface area (Å²) in [5.74, 6) is 0.764. The number of ether oxygens (including phenoxy) is 1. The SMILES string of the molecule is COC(=O)c1sc(NCCc2nc(C)no2)c(SC)c1N. The second kappa shape index (κ2) is 6.81. The molecule has 9 heteroatoms. The van der Waals surface area contributed by atoms with E-state index in [0.29, 0.717) is 35.2 Å². The number of carbonyl (C=O) groups is 1. The first kappa shape index (κ1) is 15.6. The quantitative estimate of drug-likeness (QED) is 0.614. The lowest BCUT2D eigenvalue weighted by Gasteiger charge is -2.04. The predicted octanol–water partition coefficient (Wildman–Crippen LogP) is 2.18. The minimum Gasteiger partial charge on any atom is -0.465 e. The molecule has 0 aliphatic carbocycles.